The van der Waals surface area contributed by atoms with Gasteiger partial charge in [-0.15, -0.1) is 0 Å². The van der Waals surface area contributed by atoms with Gasteiger partial charge in [0.05, 0.1) is 71.6 Å². The SMILES string of the molecule is O=C([O-])c1ccccc1-c1cccc(-c2ccccc2C(=O)[O-])c1-c1ccccc1C(=O)[O-].O=C([O-])c1ccccc1-c1cccc(-c2ccccc2C(=O)[O-])c1-c1ccccc1C(=O)[O-].O=C([O-])c1ccccc1-c1cccc(-c2ccccc2C(=O)[O-])c1-c1ccccc1C(=O)[O-].O=C([O-])c1ccccc1-c1cccc(-c2ccccc2C(=O)[O-])c1-c1ccccc1C(=O)[O-].[Ti+4].[Ti+4].[Ti+4]. The van der Waals surface area contributed by atoms with Crippen LogP contribution in [0.4, 0.5) is 0 Å². The average Bonchev–Trinajstić information content (AvgIpc) is 0.769. The van der Waals surface area contributed by atoms with Crippen molar-refractivity contribution in [1.29, 1.82) is 0 Å². The zero-order chi connectivity index (χ0) is 94.1. The van der Waals surface area contributed by atoms with E-state index in [4.69, 9.17) is 0 Å². The summed E-state index contributed by atoms with van der Waals surface area (Å²) in [7, 11) is 0. The van der Waals surface area contributed by atoms with Gasteiger partial charge in [-0.2, -0.15) is 0 Å². The van der Waals surface area contributed by atoms with E-state index in [1.807, 2.05) is 0 Å². The van der Waals surface area contributed by atoms with Gasteiger partial charge in [0.2, 0.25) is 0 Å². The Bertz CT molecular complexity index is 6200. The summed E-state index contributed by atoms with van der Waals surface area (Å²) in [4.78, 5) is 142. The Morgan fingerprint density at radius 2 is 0.178 bits per heavy atom. The van der Waals surface area contributed by atoms with Crippen molar-refractivity contribution in [3.8, 4) is 134 Å². The molecule has 0 N–H and O–H groups in total. The van der Waals surface area contributed by atoms with E-state index in [2.05, 4.69) is 0 Å². The minimum Gasteiger partial charge on any atom is -0.545 e. The summed E-state index contributed by atoms with van der Waals surface area (Å²) in [6.45, 7) is 0. The molecule has 648 valence electrons. The van der Waals surface area contributed by atoms with Crippen LogP contribution in [0.25, 0.3) is 134 Å². The summed E-state index contributed by atoms with van der Waals surface area (Å²) in [6, 6.07) is 93.7. The maximum atomic E-state index is 11.9. The summed E-state index contributed by atoms with van der Waals surface area (Å²) in [5.74, 6) is -16.9. The topological polar surface area (TPSA) is 482 Å². The van der Waals surface area contributed by atoms with Gasteiger partial charge in [-0.1, -0.05) is 364 Å². The molecule has 0 radical (unpaired) electrons. The van der Waals surface area contributed by atoms with Crippen molar-refractivity contribution in [1.82, 2.24) is 0 Å². The maximum Gasteiger partial charge on any atom is 4.00 e. The Morgan fingerprint density at radius 1 is 0.104 bits per heavy atom. The van der Waals surface area contributed by atoms with Crippen molar-refractivity contribution in [3.05, 3.63) is 431 Å². The molecule has 0 aliphatic rings. The summed E-state index contributed by atoms with van der Waals surface area (Å²) in [5, 5.41) is 142. The monoisotopic (exact) mass is 1880 g/mol. The fourth-order valence-corrected chi connectivity index (χ4v) is 15.8. The first kappa shape index (κ1) is 100. The molecule has 27 heteroatoms. The Balaban J connectivity index is 0.000000185. The van der Waals surface area contributed by atoms with E-state index < -0.39 is 71.6 Å². The van der Waals surface area contributed by atoms with Crippen LogP contribution in [0.1, 0.15) is 124 Å². The average molecular weight is 1890 g/mol. The molecule has 0 heterocycles. The van der Waals surface area contributed by atoms with Crippen molar-refractivity contribution in [3.63, 3.8) is 0 Å². The molecule has 135 heavy (non-hydrogen) atoms. The Kier molecular flexibility index (Phi) is 33.7. The minimum absolute atomic E-state index is 0. The van der Waals surface area contributed by atoms with Gasteiger partial charge in [-0.3, -0.25) is 0 Å². The van der Waals surface area contributed by atoms with Gasteiger partial charge in [0, 0.05) is 66.8 Å². The van der Waals surface area contributed by atoms with Gasteiger partial charge in [0.1, 0.15) is 0 Å². The van der Waals surface area contributed by atoms with Gasteiger partial charge >= 0.3 is 65.2 Å². The molecule has 0 aliphatic carbocycles. The summed E-state index contributed by atoms with van der Waals surface area (Å²) in [6.07, 6.45) is 0. The van der Waals surface area contributed by atoms with E-state index in [0.29, 0.717) is 111 Å². The third-order valence-corrected chi connectivity index (χ3v) is 21.4. The third kappa shape index (κ3) is 21.8. The van der Waals surface area contributed by atoms with Gasteiger partial charge < -0.3 is 119 Å². The zero-order valence-electron chi connectivity index (χ0n) is 69.9. The first-order valence-electron chi connectivity index (χ1n) is 39.8. The van der Waals surface area contributed by atoms with Gasteiger partial charge in [-0.25, -0.2) is 0 Å². The van der Waals surface area contributed by atoms with Crippen molar-refractivity contribution < 1.29 is 184 Å². The molecule has 0 unspecified atom stereocenters. The molecule has 0 amide bonds. The van der Waals surface area contributed by atoms with Crippen LogP contribution in [0.2, 0.25) is 0 Å². The van der Waals surface area contributed by atoms with Crippen LogP contribution >= 0.6 is 0 Å². The number of carboxylic acids is 12. The molecule has 0 aliphatic heterocycles. The number of carboxylic acid groups (broad SMARTS) is 12. The maximum absolute atomic E-state index is 11.9. The van der Waals surface area contributed by atoms with Crippen molar-refractivity contribution >= 4 is 71.6 Å². The number of carbonyl (C=O) groups is 12. The molecule has 0 bridgehead atoms. The smallest absolute Gasteiger partial charge is 0.545 e. The van der Waals surface area contributed by atoms with Gasteiger partial charge in [0.25, 0.3) is 0 Å². The van der Waals surface area contributed by atoms with Crippen LogP contribution in [0.15, 0.2) is 364 Å². The van der Waals surface area contributed by atoms with E-state index in [9.17, 15) is 119 Å². The molecule has 0 aromatic heterocycles. The molecule has 0 atom stereocenters. The van der Waals surface area contributed by atoms with E-state index in [0.717, 1.165) is 0 Å². The fraction of sp³-hybridized carbons (Fsp3) is 0. The zero-order valence-corrected chi connectivity index (χ0v) is 74.6. The predicted octanol–water partition coefficient (Wildman–Crippen LogP) is 7.10. The molecule has 0 saturated heterocycles. The largest absolute Gasteiger partial charge is 4.00 e. The fourth-order valence-electron chi connectivity index (χ4n) is 15.8. The second-order valence-corrected chi connectivity index (χ2v) is 28.9. The third-order valence-electron chi connectivity index (χ3n) is 21.4. The summed E-state index contributed by atoms with van der Waals surface area (Å²) < 4.78 is 0. The van der Waals surface area contributed by atoms with Crippen molar-refractivity contribution in [2.75, 3.05) is 0 Å². The van der Waals surface area contributed by atoms with Crippen LogP contribution in [-0.2, 0) is 65.2 Å². The number of rotatable bonds is 24. The molecule has 16 aromatic rings. The van der Waals surface area contributed by atoms with Gasteiger partial charge in [0.15, 0.2) is 0 Å². The van der Waals surface area contributed by atoms with Crippen molar-refractivity contribution in [2.24, 2.45) is 0 Å². The van der Waals surface area contributed by atoms with Crippen LogP contribution in [0, 0.1) is 0 Å². The number of hydrogen-bond donors (Lipinski definition) is 0. The standard InChI is InChI=1S/4C27H18O6.3Ti/c4*28-25(29)21-11-4-1-8-16(21)18-14-7-15-19(17-9-2-5-12-22(17)26(30)31)24(18)20-10-3-6-13-23(20)27(32)33;;;/h4*1-15H,(H,28,29)(H,30,31)(H,32,33);;;/q;;;;3*+4/p-12. The van der Waals surface area contributed by atoms with Crippen LogP contribution in [-0.4, -0.2) is 71.6 Å². The quantitative estimate of drug-likeness (QED) is 0.0544. The molecule has 0 spiro atoms. The number of aromatic carboxylic acids is 12. The van der Waals surface area contributed by atoms with Crippen molar-refractivity contribution in [2.45, 2.75) is 0 Å². The molecule has 0 saturated carbocycles. The number of benzene rings is 16. The number of carbonyl (C=O) groups excluding carboxylic acids is 12. The molecular weight excluding hydrogens is 1820 g/mol. The van der Waals surface area contributed by atoms with E-state index in [1.54, 1.807) is 291 Å². The number of hydrogen-bond acceptors (Lipinski definition) is 24. The second-order valence-electron chi connectivity index (χ2n) is 28.9. The second kappa shape index (κ2) is 45.2. The van der Waals surface area contributed by atoms with Crippen LogP contribution in [0.5, 0.6) is 0 Å². The Morgan fingerprint density at radius 3 is 0.274 bits per heavy atom. The van der Waals surface area contributed by atoms with E-state index >= 15 is 0 Å². The molecule has 16 aromatic carbocycles. The summed E-state index contributed by atoms with van der Waals surface area (Å²) in [5.41, 5.74) is 6.79. The molecule has 16 rings (SSSR count). The first-order chi connectivity index (χ1) is 63.6. The predicted molar refractivity (Wildman–Crippen MR) is 463 cm³/mol. The van der Waals surface area contributed by atoms with Crippen LogP contribution < -0.4 is 61.3 Å². The molecular formula is C108H60O24Ti3. The molecule has 0 fully saturated rings. The Labute approximate surface area is 813 Å². The van der Waals surface area contributed by atoms with E-state index in [1.165, 1.54) is 72.8 Å². The summed E-state index contributed by atoms with van der Waals surface area (Å²) >= 11 is 0. The van der Waals surface area contributed by atoms with Crippen LogP contribution in [0.3, 0.4) is 0 Å². The normalized spacial score (nSPS) is 10.3. The molecule has 24 nitrogen and oxygen atoms in total. The minimum atomic E-state index is -1.42. The van der Waals surface area contributed by atoms with E-state index in [-0.39, 0.29) is 154 Å². The first-order valence-corrected chi connectivity index (χ1v) is 39.8. The Hall–Kier alpha value is -16.7. The van der Waals surface area contributed by atoms with Gasteiger partial charge in [-0.05, 0) is 134 Å².